The molecule has 0 spiro atoms. The molecule has 0 radical (unpaired) electrons. The van der Waals surface area contributed by atoms with Gasteiger partial charge in [-0.2, -0.15) is 5.10 Å². The molecule has 0 N–H and O–H groups in total. The molecule has 30 heavy (non-hydrogen) atoms. The molecule has 0 unspecified atom stereocenters. The van der Waals surface area contributed by atoms with E-state index >= 15 is 0 Å². The third kappa shape index (κ3) is 3.91. The van der Waals surface area contributed by atoms with Crippen molar-refractivity contribution < 1.29 is 13.6 Å². The molecule has 4 rings (SSSR count). The first-order chi connectivity index (χ1) is 15.8. The summed E-state index contributed by atoms with van der Waals surface area (Å²) in [5, 5.41) is 4.21. The van der Waals surface area contributed by atoms with Gasteiger partial charge in [0.2, 0.25) is 0 Å². The number of aromatic nitrogens is 4. The fourth-order valence-corrected chi connectivity index (χ4v) is 3.38. The van der Waals surface area contributed by atoms with Crippen molar-refractivity contribution in [2.75, 3.05) is 25.6 Å². The number of rotatable bonds is 7. The van der Waals surface area contributed by atoms with Gasteiger partial charge in [-0.05, 0) is 24.6 Å². The Kier molecular flexibility index (Phi) is 4.54. The van der Waals surface area contributed by atoms with Crippen LogP contribution in [0, 0.1) is 0 Å². The van der Waals surface area contributed by atoms with E-state index in [1.165, 1.54) is 7.11 Å². The highest BCUT2D eigenvalue weighted by Crippen LogP contribution is 2.34. The lowest BCUT2D eigenvalue weighted by atomic mass is 10.2. The molecule has 0 bridgehead atoms. The zero-order valence-electron chi connectivity index (χ0n) is 20.2. The van der Waals surface area contributed by atoms with Gasteiger partial charge < -0.3 is 14.4 Å². The predicted molar refractivity (Wildman–Crippen MR) is 119 cm³/mol. The van der Waals surface area contributed by atoms with E-state index in [4.69, 9.17) is 18.6 Å². The van der Waals surface area contributed by atoms with Crippen molar-refractivity contribution in [1.82, 2.24) is 19.7 Å². The van der Waals surface area contributed by atoms with Gasteiger partial charge in [-0.15, -0.1) is 0 Å². The highest BCUT2D eigenvalue weighted by Gasteiger charge is 2.14. The standard InChI is InChI=1S/C23H25N5O2/c1-5-8-28(18-9-19(29-3)12-20(10-18)30-4)17-6-7-21-22(11-17)26-23(14-24-21)16-13-25-27(2)15-16/h6-7,9-15H,5,8H2,1-4H3/i3D3. The third-order valence-corrected chi connectivity index (χ3v) is 4.82. The van der Waals surface area contributed by atoms with Gasteiger partial charge >= 0.3 is 0 Å². The number of methoxy groups -OCH3 is 2. The summed E-state index contributed by atoms with van der Waals surface area (Å²) >= 11 is 0. The van der Waals surface area contributed by atoms with Crippen LogP contribution in [0.1, 0.15) is 17.5 Å². The van der Waals surface area contributed by atoms with Crippen molar-refractivity contribution in [1.29, 1.82) is 0 Å². The van der Waals surface area contributed by atoms with Crippen LogP contribution < -0.4 is 14.4 Å². The zero-order valence-corrected chi connectivity index (χ0v) is 17.2. The number of anilines is 2. The highest BCUT2D eigenvalue weighted by molar-refractivity contribution is 5.82. The van der Waals surface area contributed by atoms with E-state index < -0.39 is 7.04 Å². The lowest BCUT2D eigenvalue weighted by Gasteiger charge is -2.25. The Morgan fingerprint density at radius 3 is 2.57 bits per heavy atom. The first kappa shape index (κ1) is 16.2. The van der Waals surface area contributed by atoms with Crippen LogP contribution in [-0.2, 0) is 7.05 Å². The molecule has 2 heterocycles. The van der Waals surface area contributed by atoms with E-state index in [0.29, 0.717) is 12.3 Å². The molecule has 0 aliphatic heterocycles. The molecular formula is C23H25N5O2. The lowest BCUT2D eigenvalue weighted by molar-refractivity contribution is 0.394. The fourth-order valence-electron chi connectivity index (χ4n) is 3.38. The number of nitrogens with zero attached hydrogens (tertiary/aromatic N) is 5. The average Bonchev–Trinajstić information content (AvgIpc) is 3.21. The normalized spacial score (nSPS) is 12.8. The molecule has 0 aliphatic rings. The van der Waals surface area contributed by atoms with E-state index in [-0.39, 0.29) is 5.75 Å². The Hall–Kier alpha value is -3.61. The van der Waals surface area contributed by atoms with Crippen molar-refractivity contribution in [3.8, 4) is 22.8 Å². The Morgan fingerprint density at radius 1 is 1.03 bits per heavy atom. The van der Waals surface area contributed by atoms with Crippen molar-refractivity contribution in [2.24, 2.45) is 7.05 Å². The predicted octanol–water partition coefficient (Wildman–Crippen LogP) is 4.60. The Morgan fingerprint density at radius 2 is 1.87 bits per heavy atom. The van der Waals surface area contributed by atoms with Gasteiger partial charge in [-0.25, -0.2) is 4.98 Å². The molecule has 0 aliphatic carbocycles. The van der Waals surface area contributed by atoms with E-state index in [2.05, 4.69) is 21.9 Å². The summed E-state index contributed by atoms with van der Waals surface area (Å²) in [6, 6.07) is 11.0. The summed E-state index contributed by atoms with van der Waals surface area (Å²) in [7, 11) is 0.839. The fraction of sp³-hybridized carbons (Fsp3) is 0.261. The summed E-state index contributed by atoms with van der Waals surface area (Å²) in [4.78, 5) is 11.4. The average molecular weight is 407 g/mol. The van der Waals surface area contributed by atoms with E-state index in [0.717, 1.165) is 40.1 Å². The van der Waals surface area contributed by atoms with Gasteiger partial charge in [0.25, 0.3) is 0 Å². The van der Waals surface area contributed by atoms with E-state index in [9.17, 15) is 0 Å². The van der Waals surface area contributed by atoms with Crippen LogP contribution in [0.3, 0.4) is 0 Å². The zero-order chi connectivity index (χ0) is 23.6. The number of benzene rings is 2. The van der Waals surface area contributed by atoms with Crippen molar-refractivity contribution in [3.63, 3.8) is 0 Å². The Balaban J connectivity index is 1.77. The maximum absolute atomic E-state index is 7.44. The molecule has 0 saturated carbocycles. The summed E-state index contributed by atoms with van der Waals surface area (Å²) in [5.74, 6) is 0.720. The molecule has 7 nitrogen and oxygen atoms in total. The number of ether oxygens (including phenoxy) is 2. The molecule has 2 aromatic carbocycles. The van der Waals surface area contributed by atoms with Crippen LogP contribution in [0.2, 0.25) is 0 Å². The van der Waals surface area contributed by atoms with Crippen LogP contribution >= 0.6 is 0 Å². The summed E-state index contributed by atoms with van der Waals surface area (Å²) in [5.41, 5.74) is 4.81. The van der Waals surface area contributed by atoms with Crippen molar-refractivity contribution in [2.45, 2.75) is 13.3 Å². The van der Waals surface area contributed by atoms with Gasteiger partial charge in [0.1, 0.15) is 11.5 Å². The second-order valence-electron chi connectivity index (χ2n) is 6.95. The number of aryl methyl sites for hydroxylation is 1. The largest absolute Gasteiger partial charge is 0.497 e. The van der Waals surface area contributed by atoms with Crippen LogP contribution in [0.15, 0.2) is 55.0 Å². The summed E-state index contributed by atoms with van der Waals surface area (Å²) in [6.07, 6.45) is 6.26. The van der Waals surface area contributed by atoms with Gasteiger partial charge in [-0.1, -0.05) is 6.92 Å². The molecule has 7 heteroatoms. The number of fused-ring (bicyclic) bond motifs is 1. The molecule has 4 aromatic rings. The minimum Gasteiger partial charge on any atom is -0.497 e. The molecule has 0 saturated heterocycles. The number of hydrogen-bond donors (Lipinski definition) is 0. The van der Waals surface area contributed by atoms with Gasteiger partial charge in [-0.3, -0.25) is 9.67 Å². The topological polar surface area (TPSA) is 65.3 Å². The summed E-state index contributed by atoms with van der Waals surface area (Å²) in [6.45, 7) is 2.77. The molecule has 0 atom stereocenters. The lowest BCUT2D eigenvalue weighted by Crippen LogP contribution is -2.18. The van der Waals surface area contributed by atoms with E-state index in [1.54, 1.807) is 29.2 Å². The van der Waals surface area contributed by atoms with E-state index in [1.807, 2.05) is 37.5 Å². The molecule has 0 amide bonds. The van der Waals surface area contributed by atoms with Gasteiger partial charge in [0.05, 0.1) is 47.4 Å². The first-order valence-electron chi connectivity index (χ1n) is 11.2. The maximum atomic E-state index is 7.44. The van der Waals surface area contributed by atoms with Crippen LogP contribution in [0.4, 0.5) is 11.4 Å². The molecule has 2 aromatic heterocycles. The second-order valence-corrected chi connectivity index (χ2v) is 6.95. The molecule has 154 valence electrons. The second kappa shape index (κ2) is 8.41. The quantitative estimate of drug-likeness (QED) is 0.447. The van der Waals surface area contributed by atoms with Gasteiger partial charge in [0, 0.05) is 54.9 Å². The van der Waals surface area contributed by atoms with Gasteiger partial charge in [0.15, 0.2) is 0 Å². The van der Waals surface area contributed by atoms with Crippen molar-refractivity contribution in [3.05, 3.63) is 55.0 Å². The monoisotopic (exact) mass is 406 g/mol. The minimum atomic E-state index is -2.56. The SMILES string of the molecule is [2H]C([2H])([2H])Oc1cc(OC)cc(N(CCC)c2ccc3ncc(-c4cnn(C)c4)nc3c2)c1. The Bertz CT molecular complexity index is 1270. The third-order valence-electron chi connectivity index (χ3n) is 4.82. The summed E-state index contributed by atoms with van der Waals surface area (Å²) < 4.78 is 34.6. The smallest absolute Gasteiger partial charge is 0.124 e. The molecule has 0 fully saturated rings. The first-order valence-corrected chi connectivity index (χ1v) is 9.67. The Labute approximate surface area is 180 Å². The molecular weight excluding hydrogens is 378 g/mol. The van der Waals surface area contributed by atoms with Crippen LogP contribution in [-0.4, -0.2) is 40.4 Å². The van der Waals surface area contributed by atoms with Crippen LogP contribution in [0.5, 0.6) is 11.5 Å². The number of hydrogen-bond acceptors (Lipinski definition) is 6. The van der Waals surface area contributed by atoms with Crippen molar-refractivity contribution >= 4 is 22.4 Å². The highest BCUT2D eigenvalue weighted by atomic mass is 16.5. The maximum Gasteiger partial charge on any atom is 0.124 e. The minimum absolute atomic E-state index is 0.213. The van der Waals surface area contributed by atoms with Crippen LogP contribution in [0.25, 0.3) is 22.3 Å².